The van der Waals surface area contributed by atoms with Crippen molar-refractivity contribution in [2.45, 2.75) is 19.9 Å². The molecular formula is C17H27N3O4S. The third-order valence-electron chi connectivity index (χ3n) is 4.47. The van der Waals surface area contributed by atoms with Crippen molar-refractivity contribution in [2.75, 3.05) is 45.6 Å². The van der Waals surface area contributed by atoms with Gasteiger partial charge in [-0.15, -0.1) is 0 Å². The van der Waals surface area contributed by atoms with Gasteiger partial charge in [0.1, 0.15) is 11.5 Å². The Hall–Kier alpha value is -1.64. The summed E-state index contributed by atoms with van der Waals surface area (Å²) in [4.78, 5) is 14.4. The van der Waals surface area contributed by atoms with Crippen molar-refractivity contribution in [3.63, 3.8) is 0 Å². The van der Waals surface area contributed by atoms with Crippen molar-refractivity contribution in [1.29, 1.82) is 0 Å². The predicted octanol–water partition coefficient (Wildman–Crippen LogP) is 0.840. The molecule has 0 radical (unpaired) electrons. The lowest BCUT2D eigenvalue weighted by molar-refractivity contribution is -0.131. The molecule has 1 atom stereocenters. The molecule has 8 heteroatoms. The summed E-state index contributed by atoms with van der Waals surface area (Å²) in [7, 11) is -2.01. The van der Waals surface area contributed by atoms with Gasteiger partial charge in [0, 0.05) is 38.3 Å². The minimum atomic E-state index is -3.60. The zero-order valence-corrected chi connectivity index (χ0v) is 15.9. The number of benzene rings is 1. The number of nitrogens with one attached hydrogen (secondary N) is 1. The molecule has 1 aliphatic rings. The highest BCUT2D eigenvalue weighted by Gasteiger charge is 2.33. The Bertz CT molecular complexity index is 689. The lowest BCUT2D eigenvalue weighted by Crippen LogP contribution is -2.51. The number of carbonyl (C=O) groups is 1. The second kappa shape index (κ2) is 8.64. The third kappa shape index (κ3) is 4.50. The zero-order chi connectivity index (χ0) is 18.4. The van der Waals surface area contributed by atoms with E-state index in [2.05, 4.69) is 5.32 Å². The number of rotatable bonds is 7. The van der Waals surface area contributed by atoms with Crippen molar-refractivity contribution < 1.29 is 17.9 Å². The van der Waals surface area contributed by atoms with E-state index in [4.69, 9.17) is 4.74 Å². The maximum absolute atomic E-state index is 12.8. The van der Waals surface area contributed by atoms with Crippen LogP contribution in [0, 0.1) is 0 Å². The van der Waals surface area contributed by atoms with E-state index in [-0.39, 0.29) is 11.9 Å². The van der Waals surface area contributed by atoms with Gasteiger partial charge in [-0.25, -0.2) is 12.7 Å². The van der Waals surface area contributed by atoms with Crippen LogP contribution in [0.5, 0.6) is 5.75 Å². The van der Waals surface area contributed by atoms with Crippen LogP contribution in [0.2, 0.25) is 0 Å². The lowest BCUT2D eigenvalue weighted by atomic mass is 10.0. The number of piperazine rings is 1. The van der Waals surface area contributed by atoms with Crippen LogP contribution < -0.4 is 10.1 Å². The number of hydrogen-bond donors (Lipinski definition) is 1. The van der Waals surface area contributed by atoms with Crippen LogP contribution in [-0.4, -0.2) is 69.1 Å². The fourth-order valence-electron chi connectivity index (χ4n) is 3.17. The Morgan fingerprint density at radius 2 is 2.00 bits per heavy atom. The number of hydrogen-bond acceptors (Lipinski definition) is 5. The van der Waals surface area contributed by atoms with Crippen LogP contribution in [0.4, 0.5) is 0 Å². The molecule has 2 rings (SSSR count). The average Bonchev–Trinajstić information content (AvgIpc) is 2.62. The highest BCUT2D eigenvalue weighted by atomic mass is 32.2. The molecule has 1 N–H and O–H groups in total. The summed E-state index contributed by atoms with van der Waals surface area (Å²) < 4.78 is 31.6. The van der Waals surface area contributed by atoms with Crippen molar-refractivity contribution >= 4 is 15.9 Å². The number of ether oxygens (including phenoxy) is 1. The molecule has 1 aliphatic heterocycles. The van der Waals surface area contributed by atoms with Gasteiger partial charge >= 0.3 is 0 Å². The van der Waals surface area contributed by atoms with Crippen LogP contribution in [0.15, 0.2) is 24.3 Å². The lowest BCUT2D eigenvalue weighted by Gasteiger charge is -2.37. The van der Waals surface area contributed by atoms with Gasteiger partial charge in [-0.1, -0.05) is 32.0 Å². The summed E-state index contributed by atoms with van der Waals surface area (Å²) in [6, 6.07) is 7.27. The van der Waals surface area contributed by atoms with Crippen molar-refractivity contribution in [3.8, 4) is 5.75 Å². The maximum Gasteiger partial charge on any atom is 0.239 e. The summed E-state index contributed by atoms with van der Waals surface area (Å²) in [6.07, 6.45) is 0. The molecule has 140 valence electrons. The Labute approximate surface area is 150 Å². The van der Waals surface area contributed by atoms with Gasteiger partial charge in [0.15, 0.2) is 0 Å². The number of amides is 1. The molecule has 1 heterocycles. The molecule has 25 heavy (non-hydrogen) atoms. The average molecular weight is 369 g/mol. The zero-order valence-electron chi connectivity index (χ0n) is 15.1. The van der Waals surface area contributed by atoms with Gasteiger partial charge < -0.3 is 15.0 Å². The fourth-order valence-corrected chi connectivity index (χ4v) is 4.62. The van der Waals surface area contributed by atoms with E-state index in [1.54, 1.807) is 25.9 Å². The molecule has 1 unspecified atom stereocenters. The quantitative estimate of drug-likeness (QED) is 0.771. The molecule has 1 aromatic carbocycles. The molecule has 0 spiro atoms. The first-order valence-corrected chi connectivity index (χ1v) is 10.2. The Kier molecular flexibility index (Phi) is 6.80. The summed E-state index contributed by atoms with van der Waals surface area (Å²) in [6.45, 7) is 5.95. The minimum Gasteiger partial charge on any atom is -0.496 e. The maximum atomic E-state index is 12.8. The number of carbonyl (C=O) groups excluding carboxylic acids is 1. The van der Waals surface area contributed by atoms with Crippen LogP contribution in [-0.2, 0) is 14.8 Å². The van der Waals surface area contributed by atoms with Crippen molar-refractivity contribution in [3.05, 3.63) is 29.8 Å². The first-order valence-electron chi connectivity index (χ1n) is 8.55. The normalized spacial score (nSPS) is 18.4. The number of nitrogens with zero attached hydrogens (tertiary/aromatic N) is 2. The highest BCUT2D eigenvalue weighted by Crippen LogP contribution is 2.30. The van der Waals surface area contributed by atoms with Crippen molar-refractivity contribution in [2.24, 2.45) is 0 Å². The third-order valence-corrected chi connectivity index (χ3v) is 6.38. The second-order valence-electron chi connectivity index (χ2n) is 5.89. The molecular weight excluding hydrogens is 342 g/mol. The number of sulfonamides is 1. The molecule has 1 saturated heterocycles. The topological polar surface area (TPSA) is 79.0 Å². The van der Waals surface area contributed by atoms with Crippen LogP contribution in [0.3, 0.4) is 0 Å². The Morgan fingerprint density at radius 3 is 2.64 bits per heavy atom. The van der Waals surface area contributed by atoms with Gasteiger partial charge in [-0.2, -0.15) is 0 Å². The standard InChI is InChI=1S/C17H27N3O4S/c1-4-19(5-2)25(22,23)13-17(21)20-11-10-18-12-15(20)14-8-6-7-9-16(14)24-3/h6-9,15,18H,4-5,10-13H2,1-3H3. The van der Waals surface area contributed by atoms with Crippen LogP contribution >= 0.6 is 0 Å². The molecule has 0 aliphatic carbocycles. The van der Waals surface area contributed by atoms with Gasteiger partial charge in [-0.3, -0.25) is 4.79 Å². The molecule has 0 bridgehead atoms. The molecule has 1 fully saturated rings. The Morgan fingerprint density at radius 1 is 1.32 bits per heavy atom. The molecule has 0 saturated carbocycles. The fraction of sp³-hybridized carbons (Fsp3) is 0.588. The number of para-hydroxylation sites is 1. The largest absolute Gasteiger partial charge is 0.496 e. The van der Waals surface area contributed by atoms with E-state index in [1.807, 2.05) is 24.3 Å². The molecule has 7 nitrogen and oxygen atoms in total. The SMILES string of the molecule is CCN(CC)S(=O)(=O)CC(=O)N1CCNCC1c1ccccc1OC. The second-order valence-corrected chi connectivity index (χ2v) is 7.86. The first kappa shape index (κ1) is 19.7. The summed E-state index contributed by atoms with van der Waals surface area (Å²) in [5.41, 5.74) is 0.880. The Balaban J connectivity index is 2.24. The smallest absolute Gasteiger partial charge is 0.239 e. The van der Waals surface area contributed by atoms with E-state index in [9.17, 15) is 13.2 Å². The summed E-state index contributed by atoms with van der Waals surface area (Å²) in [5.74, 6) is -0.176. The molecule has 1 amide bonds. The van der Waals surface area contributed by atoms with E-state index in [0.717, 1.165) is 5.56 Å². The van der Waals surface area contributed by atoms with Gasteiger partial charge in [-0.05, 0) is 6.07 Å². The predicted molar refractivity (Wildman–Crippen MR) is 97.0 cm³/mol. The van der Waals surface area contributed by atoms with E-state index in [0.29, 0.717) is 38.5 Å². The van der Waals surface area contributed by atoms with E-state index in [1.165, 1.54) is 4.31 Å². The van der Waals surface area contributed by atoms with Crippen molar-refractivity contribution in [1.82, 2.24) is 14.5 Å². The van der Waals surface area contributed by atoms with Gasteiger partial charge in [0.05, 0.1) is 13.2 Å². The van der Waals surface area contributed by atoms with Crippen LogP contribution in [0.1, 0.15) is 25.5 Å². The highest BCUT2D eigenvalue weighted by molar-refractivity contribution is 7.89. The molecule has 1 aromatic rings. The van der Waals surface area contributed by atoms with Gasteiger partial charge in [0.25, 0.3) is 0 Å². The number of methoxy groups -OCH3 is 1. The minimum absolute atomic E-state index is 0.246. The van der Waals surface area contributed by atoms with E-state index >= 15 is 0 Å². The van der Waals surface area contributed by atoms with Gasteiger partial charge in [0.2, 0.25) is 15.9 Å². The van der Waals surface area contributed by atoms with E-state index < -0.39 is 15.8 Å². The summed E-state index contributed by atoms with van der Waals surface area (Å²) >= 11 is 0. The van der Waals surface area contributed by atoms with Crippen LogP contribution in [0.25, 0.3) is 0 Å². The molecule has 0 aromatic heterocycles. The first-order chi connectivity index (χ1) is 11.9. The monoisotopic (exact) mass is 369 g/mol. The summed E-state index contributed by atoms with van der Waals surface area (Å²) in [5, 5.41) is 3.27.